The van der Waals surface area contributed by atoms with Crippen LogP contribution in [0.5, 0.6) is 0 Å². The first kappa shape index (κ1) is 18.4. The van der Waals surface area contributed by atoms with E-state index in [2.05, 4.69) is 15.6 Å². The number of carbonyl (C=O) groups is 2. The number of hydrogen-bond acceptors (Lipinski definition) is 5. The lowest BCUT2D eigenvalue weighted by Crippen LogP contribution is -2.16. The Hall–Kier alpha value is -3.38. The van der Waals surface area contributed by atoms with Crippen LogP contribution in [-0.2, 0) is 4.74 Å². The molecule has 0 unspecified atom stereocenters. The Bertz CT molecular complexity index is 957. The fourth-order valence-electron chi connectivity index (χ4n) is 2.37. The van der Waals surface area contributed by atoms with Gasteiger partial charge in [-0.2, -0.15) is 0 Å². The van der Waals surface area contributed by atoms with E-state index >= 15 is 0 Å². The molecule has 0 saturated carbocycles. The third-order valence-corrected chi connectivity index (χ3v) is 3.96. The number of pyridine rings is 1. The number of para-hydroxylation sites is 1. The SMILES string of the molecule is COC(=O)c1ccccc1NC(=O)c1ccc(Nc2ccc(Cl)cc2)cn1. The van der Waals surface area contributed by atoms with Gasteiger partial charge in [0.15, 0.2) is 0 Å². The standard InChI is InChI=1S/C20H16ClN3O3/c1-27-20(26)16-4-2-3-5-17(16)24-19(25)18-11-10-15(12-22-18)23-14-8-6-13(21)7-9-14/h2-12,23H,1H3,(H,24,25). The maximum atomic E-state index is 12.4. The summed E-state index contributed by atoms with van der Waals surface area (Å²) in [7, 11) is 1.29. The van der Waals surface area contributed by atoms with Gasteiger partial charge in [0.2, 0.25) is 0 Å². The molecule has 1 aromatic heterocycles. The molecule has 3 rings (SSSR count). The number of halogens is 1. The van der Waals surface area contributed by atoms with Gasteiger partial charge in [-0.25, -0.2) is 9.78 Å². The summed E-state index contributed by atoms with van der Waals surface area (Å²) in [6.07, 6.45) is 1.55. The molecule has 0 aliphatic heterocycles. The topological polar surface area (TPSA) is 80.3 Å². The Balaban J connectivity index is 1.71. The molecule has 7 heteroatoms. The number of benzene rings is 2. The van der Waals surface area contributed by atoms with Crippen LogP contribution < -0.4 is 10.6 Å². The second-order valence-corrected chi connectivity index (χ2v) is 5.99. The molecule has 0 aliphatic carbocycles. The van der Waals surface area contributed by atoms with E-state index in [1.54, 1.807) is 54.7 Å². The molecule has 1 amide bonds. The lowest BCUT2D eigenvalue weighted by atomic mass is 10.1. The van der Waals surface area contributed by atoms with E-state index < -0.39 is 11.9 Å². The molecule has 0 bridgehead atoms. The Morgan fingerprint density at radius 1 is 0.963 bits per heavy atom. The second kappa shape index (κ2) is 8.33. The van der Waals surface area contributed by atoms with Crippen LogP contribution in [0.1, 0.15) is 20.8 Å². The van der Waals surface area contributed by atoms with Crippen molar-refractivity contribution in [2.24, 2.45) is 0 Å². The van der Waals surface area contributed by atoms with Crippen molar-refractivity contribution in [2.75, 3.05) is 17.7 Å². The number of anilines is 3. The average molecular weight is 382 g/mol. The molecule has 0 spiro atoms. The van der Waals surface area contributed by atoms with Crippen LogP contribution in [0.4, 0.5) is 17.1 Å². The molecule has 0 fully saturated rings. The second-order valence-electron chi connectivity index (χ2n) is 5.56. The normalized spacial score (nSPS) is 10.1. The Morgan fingerprint density at radius 2 is 1.67 bits per heavy atom. The van der Waals surface area contributed by atoms with Crippen LogP contribution in [-0.4, -0.2) is 24.0 Å². The maximum Gasteiger partial charge on any atom is 0.339 e. The molecule has 0 saturated heterocycles. The molecule has 0 atom stereocenters. The van der Waals surface area contributed by atoms with Crippen molar-refractivity contribution in [3.63, 3.8) is 0 Å². The van der Waals surface area contributed by atoms with Crippen molar-refractivity contribution in [2.45, 2.75) is 0 Å². The van der Waals surface area contributed by atoms with Crippen LogP contribution in [0, 0.1) is 0 Å². The Labute approximate surface area is 161 Å². The number of hydrogen-bond donors (Lipinski definition) is 2. The van der Waals surface area contributed by atoms with E-state index in [1.165, 1.54) is 7.11 Å². The van der Waals surface area contributed by atoms with Gasteiger partial charge < -0.3 is 15.4 Å². The molecule has 1 heterocycles. The van der Waals surface area contributed by atoms with Gasteiger partial charge in [0.05, 0.1) is 30.2 Å². The summed E-state index contributed by atoms with van der Waals surface area (Å²) >= 11 is 5.86. The minimum Gasteiger partial charge on any atom is -0.465 e. The molecule has 0 aliphatic rings. The summed E-state index contributed by atoms with van der Waals surface area (Å²) in [4.78, 5) is 28.4. The van der Waals surface area contributed by atoms with E-state index in [1.807, 2.05) is 12.1 Å². The molecular weight excluding hydrogens is 366 g/mol. The highest BCUT2D eigenvalue weighted by Crippen LogP contribution is 2.20. The van der Waals surface area contributed by atoms with Crippen molar-refractivity contribution < 1.29 is 14.3 Å². The van der Waals surface area contributed by atoms with E-state index in [0.717, 1.165) is 11.4 Å². The Kier molecular flexibility index (Phi) is 5.68. The quantitative estimate of drug-likeness (QED) is 0.635. The number of carbonyl (C=O) groups excluding carboxylic acids is 2. The summed E-state index contributed by atoms with van der Waals surface area (Å²) in [5.74, 6) is -0.953. The van der Waals surface area contributed by atoms with Crippen molar-refractivity contribution >= 4 is 40.5 Å². The average Bonchev–Trinajstić information content (AvgIpc) is 2.70. The molecule has 2 aromatic carbocycles. The van der Waals surface area contributed by atoms with Gasteiger partial charge in [-0.05, 0) is 48.5 Å². The van der Waals surface area contributed by atoms with E-state index in [-0.39, 0.29) is 11.3 Å². The number of rotatable bonds is 5. The fraction of sp³-hybridized carbons (Fsp3) is 0.0500. The molecule has 136 valence electrons. The summed E-state index contributed by atoms with van der Waals surface area (Å²) in [6.45, 7) is 0. The third-order valence-electron chi connectivity index (χ3n) is 3.71. The lowest BCUT2D eigenvalue weighted by molar-refractivity contribution is 0.0602. The van der Waals surface area contributed by atoms with E-state index in [0.29, 0.717) is 10.7 Å². The van der Waals surface area contributed by atoms with E-state index in [4.69, 9.17) is 16.3 Å². The first-order valence-electron chi connectivity index (χ1n) is 8.04. The molecule has 27 heavy (non-hydrogen) atoms. The zero-order chi connectivity index (χ0) is 19.2. The van der Waals surface area contributed by atoms with Crippen LogP contribution in [0.25, 0.3) is 0 Å². The largest absolute Gasteiger partial charge is 0.465 e. The fourth-order valence-corrected chi connectivity index (χ4v) is 2.49. The zero-order valence-electron chi connectivity index (χ0n) is 14.4. The zero-order valence-corrected chi connectivity index (χ0v) is 15.2. The van der Waals surface area contributed by atoms with Gasteiger partial charge in [-0.15, -0.1) is 0 Å². The highest BCUT2D eigenvalue weighted by molar-refractivity contribution is 6.30. The number of esters is 1. The van der Waals surface area contributed by atoms with Gasteiger partial charge in [0.1, 0.15) is 5.69 Å². The molecule has 0 radical (unpaired) electrons. The summed E-state index contributed by atoms with van der Waals surface area (Å²) in [5, 5.41) is 6.50. The van der Waals surface area contributed by atoms with Crippen LogP contribution in [0.3, 0.4) is 0 Å². The lowest BCUT2D eigenvalue weighted by Gasteiger charge is -2.10. The highest BCUT2D eigenvalue weighted by Gasteiger charge is 2.15. The van der Waals surface area contributed by atoms with Crippen LogP contribution in [0.2, 0.25) is 5.02 Å². The summed E-state index contributed by atoms with van der Waals surface area (Å²) in [6, 6.07) is 17.2. The van der Waals surface area contributed by atoms with Crippen molar-refractivity contribution in [3.05, 3.63) is 83.1 Å². The van der Waals surface area contributed by atoms with Crippen LogP contribution in [0.15, 0.2) is 66.9 Å². The first-order chi connectivity index (χ1) is 13.1. The minimum atomic E-state index is -0.527. The van der Waals surface area contributed by atoms with Gasteiger partial charge in [-0.3, -0.25) is 4.79 Å². The summed E-state index contributed by atoms with van der Waals surface area (Å²) in [5.41, 5.74) is 2.43. The summed E-state index contributed by atoms with van der Waals surface area (Å²) < 4.78 is 4.72. The molecule has 2 N–H and O–H groups in total. The molecular formula is C20H16ClN3O3. The predicted molar refractivity (Wildman–Crippen MR) is 105 cm³/mol. The van der Waals surface area contributed by atoms with E-state index in [9.17, 15) is 9.59 Å². The minimum absolute atomic E-state index is 0.219. The van der Waals surface area contributed by atoms with Crippen LogP contribution >= 0.6 is 11.6 Å². The van der Waals surface area contributed by atoms with Crippen molar-refractivity contribution in [1.29, 1.82) is 0 Å². The van der Waals surface area contributed by atoms with Crippen molar-refractivity contribution in [3.8, 4) is 0 Å². The predicted octanol–water partition coefficient (Wildman–Crippen LogP) is 4.52. The third kappa shape index (κ3) is 4.62. The molecule has 3 aromatic rings. The smallest absolute Gasteiger partial charge is 0.339 e. The first-order valence-corrected chi connectivity index (χ1v) is 8.42. The number of nitrogens with zero attached hydrogens (tertiary/aromatic N) is 1. The maximum absolute atomic E-state index is 12.4. The van der Waals surface area contributed by atoms with Gasteiger partial charge >= 0.3 is 5.97 Å². The van der Waals surface area contributed by atoms with Gasteiger partial charge in [0.25, 0.3) is 5.91 Å². The molecule has 6 nitrogen and oxygen atoms in total. The monoisotopic (exact) mass is 381 g/mol. The highest BCUT2D eigenvalue weighted by atomic mass is 35.5. The number of aromatic nitrogens is 1. The number of methoxy groups -OCH3 is 1. The van der Waals surface area contributed by atoms with Crippen molar-refractivity contribution in [1.82, 2.24) is 4.98 Å². The number of nitrogens with one attached hydrogen (secondary N) is 2. The number of ether oxygens (including phenoxy) is 1. The van der Waals surface area contributed by atoms with Gasteiger partial charge in [0, 0.05) is 10.7 Å². The number of amides is 1. The van der Waals surface area contributed by atoms with Gasteiger partial charge in [-0.1, -0.05) is 23.7 Å². The Morgan fingerprint density at radius 3 is 2.33 bits per heavy atom.